The Morgan fingerprint density at radius 1 is 1.04 bits per heavy atom. The number of methoxy groups -OCH3 is 1. The zero-order valence-corrected chi connectivity index (χ0v) is 28.4. The molecule has 0 spiro atoms. The minimum Gasteiger partial charge on any atom is -0.496 e. The highest BCUT2D eigenvalue weighted by Crippen LogP contribution is 2.45. The topological polar surface area (TPSA) is 75.1 Å². The van der Waals surface area contributed by atoms with E-state index >= 15 is 0 Å². The van der Waals surface area contributed by atoms with E-state index in [1.807, 2.05) is 34.6 Å². The first kappa shape index (κ1) is 33.8. The molecule has 1 fully saturated rings. The average Bonchev–Trinajstić information content (AvgIpc) is 2.97. The van der Waals surface area contributed by atoms with Crippen molar-refractivity contribution in [1.82, 2.24) is 9.88 Å². The van der Waals surface area contributed by atoms with E-state index in [9.17, 15) is 18.7 Å². The van der Waals surface area contributed by atoms with Gasteiger partial charge in [0.15, 0.2) is 17.7 Å². The number of fused-ring (bicyclic) bond motifs is 1. The van der Waals surface area contributed by atoms with Gasteiger partial charge in [-0.25, -0.2) is 13.6 Å². The summed E-state index contributed by atoms with van der Waals surface area (Å²) in [5.41, 5.74) is 6.95. The molecule has 9 heteroatoms. The Hall–Kier alpha value is -3.56. The summed E-state index contributed by atoms with van der Waals surface area (Å²) >= 11 is 0. The van der Waals surface area contributed by atoms with E-state index in [1.54, 1.807) is 0 Å². The van der Waals surface area contributed by atoms with E-state index in [1.165, 1.54) is 18.7 Å². The number of hydrogen-bond donors (Lipinski definition) is 1. The standard InChI is InChI=1S/C37H47F2N3O4/c1-22-30(25-9-10-26-20-41(16-13-24(26)19-25)21-27-29(45-8)12-11-28(38)32(27)39)33(42-17-14-37(6,7)15-18-42)31(23(2)40-22)34(35(43)44)46-36(3,4)5/h9-12,19,34H,13-18,20-21H2,1-8H3,(H,43,44). The van der Waals surface area contributed by atoms with Gasteiger partial charge in [0.1, 0.15) is 5.75 Å². The normalized spacial score (nSPS) is 17.5. The van der Waals surface area contributed by atoms with Crippen molar-refractivity contribution in [2.45, 2.75) is 92.5 Å². The smallest absolute Gasteiger partial charge is 0.337 e. The summed E-state index contributed by atoms with van der Waals surface area (Å²) < 4.78 is 40.3. The summed E-state index contributed by atoms with van der Waals surface area (Å²) in [6, 6.07) is 8.92. The quantitative estimate of drug-likeness (QED) is 0.271. The van der Waals surface area contributed by atoms with E-state index in [-0.39, 0.29) is 17.5 Å². The average molecular weight is 636 g/mol. The fourth-order valence-electron chi connectivity index (χ4n) is 6.79. The molecule has 248 valence electrons. The van der Waals surface area contributed by atoms with Gasteiger partial charge in [-0.3, -0.25) is 9.88 Å². The third-order valence-electron chi connectivity index (χ3n) is 9.31. The molecular weight excluding hydrogens is 588 g/mol. The molecule has 0 radical (unpaired) electrons. The molecule has 2 aliphatic heterocycles. The van der Waals surface area contributed by atoms with Crippen LogP contribution in [0.5, 0.6) is 5.75 Å². The number of carboxylic acid groups (broad SMARTS) is 1. The van der Waals surface area contributed by atoms with Crippen LogP contribution in [0.25, 0.3) is 11.1 Å². The summed E-state index contributed by atoms with van der Waals surface area (Å²) in [5, 5.41) is 10.5. The number of carboxylic acids is 1. The number of halogens is 2. The van der Waals surface area contributed by atoms with E-state index in [2.05, 4.69) is 41.8 Å². The molecule has 1 saturated heterocycles. The maximum Gasteiger partial charge on any atom is 0.337 e. The number of piperidine rings is 1. The van der Waals surface area contributed by atoms with Gasteiger partial charge in [0.05, 0.1) is 18.4 Å². The Morgan fingerprint density at radius 2 is 1.74 bits per heavy atom. The van der Waals surface area contributed by atoms with Gasteiger partial charge in [-0.15, -0.1) is 0 Å². The highest BCUT2D eigenvalue weighted by molar-refractivity contribution is 5.88. The minimum atomic E-state index is -1.18. The molecule has 3 aromatic rings. The summed E-state index contributed by atoms with van der Waals surface area (Å²) in [5.74, 6) is -2.46. The molecule has 1 N–H and O–H groups in total. The predicted octanol–water partition coefficient (Wildman–Crippen LogP) is 7.78. The number of ether oxygens (including phenoxy) is 2. The SMILES string of the molecule is COc1ccc(F)c(F)c1CN1CCc2cc(-c3c(C)nc(C)c(C(OC(C)(C)C)C(=O)O)c3N3CCC(C)(C)CC3)ccc2C1. The van der Waals surface area contributed by atoms with Crippen LogP contribution >= 0.6 is 0 Å². The van der Waals surface area contributed by atoms with Crippen molar-refractivity contribution in [3.05, 3.63) is 75.6 Å². The largest absolute Gasteiger partial charge is 0.496 e. The van der Waals surface area contributed by atoms with Crippen LogP contribution in [0.15, 0.2) is 30.3 Å². The van der Waals surface area contributed by atoms with Crippen LogP contribution in [0.3, 0.4) is 0 Å². The summed E-state index contributed by atoms with van der Waals surface area (Å²) in [6.07, 6.45) is 1.52. The number of hydrogen-bond acceptors (Lipinski definition) is 6. The van der Waals surface area contributed by atoms with E-state index in [0.29, 0.717) is 30.1 Å². The fraction of sp³-hybridized carbons (Fsp3) is 0.514. The fourth-order valence-corrected chi connectivity index (χ4v) is 6.79. The van der Waals surface area contributed by atoms with Gasteiger partial charge in [0, 0.05) is 60.8 Å². The Labute approximate surface area is 271 Å². The van der Waals surface area contributed by atoms with Crippen molar-refractivity contribution in [3.8, 4) is 16.9 Å². The lowest BCUT2D eigenvalue weighted by Gasteiger charge is -2.41. The molecular formula is C37H47F2N3O4. The molecule has 1 unspecified atom stereocenters. The van der Waals surface area contributed by atoms with Crippen LogP contribution in [0.2, 0.25) is 0 Å². The van der Waals surface area contributed by atoms with Crippen LogP contribution < -0.4 is 9.64 Å². The van der Waals surface area contributed by atoms with Gasteiger partial charge in [0.2, 0.25) is 0 Å². The summed E-state index contributed by atoms with van der Waals surface area (Å²) in [6.45, 7) is 17.1. The summed E-state index contributed by atoms with van der Waals surface area (Å²) in [7, 11) is 1.46. The zero-order chi connectivity index (χ0) is 33.6. The number of benzene rings is 2. The maximum absolute atomic E-state index is 14.7. The number of aryl methyl sites for hydroxylation is 2. The second kappa shape index (κ2) is 12.9. The van der Waals surface area contributed by atoms with Gasteiger partial charge >= 0.3 is 5.97 Å². The molecule has 0 saturated carbocycles. The number of carbonyl (C=O) groups is 1. The number of aliphatic carboxylic acids is 1. The van der Waals surface area contributed by atoms with Crippen LogP contribution in [-0.4, -0.2) is 53.3 Å². The predicted molar refractivity (Wildman–Crippen MR) is 176 cm³/mol. The monoisotopic (exact) mass is 635 g/mol. The molecule has 5 rings (SSSR count). The van der Waals surface area contributed by atoms with Gasteiger partial charge in [-0.05, 0) is 88.1 Å². The number of pyridine rings is 1. The van der Waals surface area contributed by atoms with Crippen LogP contribution in [0.1, 0.15) is 87.2 Å². The van der Waals surface area contributed by atoms with Crippen LogP contribution in [-0.2, 0) is 29.0 Å². The molecule has 2 aromatic carbocycles. The summed E-state index contributed by atoms with van der Waals surface area (Å²) in [4.78, 5) is 22.2. The molecule has 2 aliphatic rings. The van der Waals surface area contributed by atoms with E-state index in [4.69, 9.17) is 14.5 Å². The second-order valence-corrected chi connectivity index (χ2v) is 14.5. The van der Waals surface area contributed by atoms with Crippen molar-refractivity contribution in [2.75, 3.05) is 31.6 Å². The molecule has 3 heterocycles. The Morgan fingerprint density at radius 3 is 2.37 bits per heavy atom. The highest BCUT2D eigenvalue weighted by Gasteiger charge is 2.36. The first-order chi connectivity index (χ1) is 21.6. The van der Waals surface area contributed by atoms with Crippen molar-refractivity contribution in [3.63, 3.8) is 0 Å². The lowest BCUT2D eigenvalue weighted by atomic mass is 9.81. The second-order valence-electron chi connectivity index (χ2n) is 14.5. The van der Waals surface area contributed by atoms with Crippen LogP contribution in [0.4, 0.5) is 14.5 Å². The molecule has 1 aromatic heterocycles. The van der Waals surface area contributed by atoms with Crippen molar-refractivity contribution >= 4 is 11.7 Å². The Bertz CT molecular complexity index is 1620. The zero-order valence-electron chi connectivity index (χ0n) is 28.4. The van der Waals surface area contributed by atoms with Crippen molar-refractivity contribution < 1.29 is 28.2 Å². The third-order valence-corrected chi connectivity index (χ3v) is 9.31. The van der Waals surface area contributed by atoms with Gasteiger partial charge in [0.25, 0.3) is 0 Å². The molecule has 1 atom stereocenters. The molecule has 7 nitrogen and oxygen atoms in total. The third kappa shape index (κ3) is 7.05. The van der Waals surface area contributed by atoms with Gasteiger partial charge in [-0.1, -0.05) is 32.0 Å². The first-order valence-electron chi connectivity index (χ1n) is 16.1. The number of rotatable bonds is 8. The number of aromatic nitrogens is 1. The molecule has 0 bridgehead atoms. The van der Waals surface area contributed by atoms with Gasteiger partial charge in [-0.2, -0.15) is 0 Å². The van der Waals surface area contributed by atoms with Crippen LogP contribution in [0, 0.1) is 30.9 Å². The lowest BCUT2D eigenvalue weighted by molar-refractivity contribution is -0.160. The molecule has 0 amide bonds. The van der Waals surface area contributed by atoms with Gasteiger partial charge < -0.3 is 19.5 Å². The number of nitrogens with zero attached hydrogens (tertiary/aromatic N) is 3. The van der Waals surface area contributed by atoms with Crippen molar-refractivity contribution in [1.29, 1.82) is 0 Å². The minimum absolute atomic E-state index is 0.207. The maximum atomic E-state index is 14.7. The first-order valence-corrected chi connectivity index (χ1v) is 16.1. The molecule has 46 heavy (non-hydrogen) atoms. The highest BCUT2D eigenvalue weighted by atomic mass is 19.2. The van der Waals surface area contributed by atoms with E-state index < -0.39 is 29.3 Å². The molecule has 0 aliphatic carbocycles. The Kier molecular flexibility index (Phi) is 9.49. The lowest BCUT2D eigenvalue weighted by Crippen LogP contribution is -2.39. The van der Waals surface area contributed by atoms with E-state index in [0.717, 1.165) is 66.5 Å². The van der Waals surface area contributed by atoms with Crippen molar-refractivity contribution in [2.24, 2.45) is 5.41 Å². The number of anilines is 1. The Balaban J connectivity index is 1.56.